The molecule has 134 valence electrons. The highest BCUT2D eigenvalue weighted by Gasteiger charge is 2.17. The van der Waals surface area contributed by atoms with Crippen molar-refractivity contribution in [1.29, 1.82) is 0 Å². The number of nitrogens with zero attached hydrogens (tertiary/aromatic N) is 4. The summed E-state index contributed by atoms with van der Waals surface area (Å²) in [5.41, 5.74) is 2.08. The Labute approximate surface area is 149 Å². The van der Waals surface area contributed by atoms with E-state index >= 15 is 0 Å². The monoisotopic (exact) mass is 341 g/mol. The van der Waals surface area contributed by atoms with Gasteiger partial charge in [0.15, 0.2) is 0 Å². The third-order valence-corrected chi connectivity index (χ3v) is 4.61. The minimum atomic E-state index is 0.0681. The molecule has 1 fully saturated rings. The lowest BCUT2D eigenvalue weighted by Gasteiger charge is -2.36. The molecule has 1 aliphatic rings. The number of carbonyl (C=O) groups is 1. The van der Waals surface area contributed by atoms with E-state index in [0.717, 1.165) is 51.4 Å². The van der Waals surface area contributed by atoms with Crippen LogP contribution in [0, 0.1) is 0 Å². The van der Waals surface area contributed by atoms with Gasteiger partial charge in [-0.15, -0.1) is 0 Å². The SMILES string of the molecule is CCn1cc(NC(=O)CCCN2CCN(c3ccccc3)CC2)cn1. The summed E-state index contributed by atoms with van der Waals surface area (Å²) in [6, 6.07) is 10.6. The largest absolute Gasteiger partial charge is 0.369 e. The summed E-state index contributed by atoms with van der Waals surface area (Å²) in [5, 5.41) is 7.08. The Hall–Kier alpha value is -2.34. The first-order chi connectivity index (χ1) is 12.2. The minimum Gasteiger partial charge on any atom is -0.369 e. The van der Waals surface area contributed by atoms with Crippen LogP contribution in [0.5, 0.6) is 0 Å². The van der Waals surface area contributed by atoms with E-state index in [-0.39, 0.29) is 5.91 Å². The summed E-state index contributed by atoms with van der Waals surface area (Å²) >= 11 is 0. The molecule has 0 saturated carbocycles. The van der Waals surface area contributed by atoms with Gasteiger partial charge in [0.05, 0.1) is 11.9 Å². The van der Waals surface area contributed by atoms with Crippen LogP contribution in [-0.4, -0.2) is 53.3 Å². The summed E-state index contributed by atoms with van der Waals surface area (Å²) in [5.74, 6) is 0.0681. The fourth-order valence-electron chi connectivity index (χ4n) is 3.16. The number of carbonyl (C=O) groups excluding carboxylic acids is 1. The van der Waals surface area contributed by atoms with E-state index in [1.807, 2.05) is 17.8 Å². The summed E-state index contributed by atoms with van der Waals surface area (Å²) in [6.07, 6.45) is 5.00. The topological polar surface area (TPSA) is 53.4 Å². The van der Waals surface area contributed by atoms with Gasteiger partial charge in [0, 0.05) is 51.0 Å². The third kappa shape index (κ3) is 5.06. The number of benzene rings is 1. The molecule has 3 rings (SSSR count). The zero-order valence-corrected chi connectivity index (χ0v) is 14.9. The second kappa shape index (κ2) is 8.67. The molecule has 0 aliphatic carbocycles. The minimum absolute atomic E-state index is 0.0681. The number of aryl methyl sites for hydroxylation is 1. The Morgan fingerprint density at radius 2 is 1.92 bits per heavy atom. The fourth-order valence-corrected chi connectivity index (χ4v) is 3.16. The third-order valence-electron chi connectivity index (χ3n) is 4.61. The zero-order valence-electron chi connectivity index (χ0n) is 14.9. The highest BCUT2D eigenvalue weighted by molar-refractivity contribution is 5.90. The molecule has 0 atom stereocenters. The number of rotatable bonds is 7. The molecule has 1 N–H and O–H groups in total. The summed E-state index contributed by atoms with van der Waals surface area (Å²) in [4.78, 5) is 16.9. The van der Waals surface area contributed by atoms with Crippen LogP contribution in [0.1, 0.15) is 19.8 Å². The molecular weight excluding hydrogens is 314 g/mol. The van der Waals surface area contributed by atoms with Gasteiger partial charge in [-0.3, -0.25) is 14.4 Å². The number of piperazine rings is 1. The second-order valence-corrected chi connectivity index (χ2v) is 6.40. The smallest absolute Gasteiger partial charge is 0.224 e. The zero-order chi connectivity index (χ0) is 17.5. The standard InChI is InChI=1S/C19H27N5O/c1-2-24-16-17(15-20-24)21-19(25)9-6-10-22-11-13-23(14-12-22)18-7-4-3-5-8-18/h3-5,7-8,15-16H,2,6,9-14H2,1H3,(H,21,25). The van der Waals surface area contributed by atoms with Gasteiger partial charge in [-0.1, -0.05) is 18.2 Å². The van der Waals surface area contributed by atoms with E-state index in [0.29, 0.717) is 6.42 Å². The molecule has 1 aliphatic heterocycles. The summed E-state index contributed by atoms with van der Waals surface area (Å²) < 4.78 is 1.81. The predicted molar refractivity (Wildman–Crippen MR) is 101 cm³/mol. The Morgan fingerprint density at radius 1 is 1.16 bits per heavy atom. The van der Waals surface area contributed by atoms with E-state index in [4.69, 9.17) is 0 Å². The van der Waals surface area contributed by atoms with Gasteiger partial charge in [0.2, 0.25) is 5.91 Å². The van der Waals surface area contributed by atoms with Crippen LogP contribution in [0.4, 0.5) is 11.4 Å². The van der Waals surface area contributed by atoms with Crippen molar-refractivity contribution in [3.8, 4) is 0 Å². The van der Waals surface area contributed by atoms with Gasteiger partial charge in [-0.2, -0.15) is 5.10 Å². The number of para-hydroxylation sites is 1. The molecule has 6 heteroatoms. The lowest BCUT2D eigenvalue weighted by molar-refractivity contribution is -0.116. The van der Waals surface area contributed by atoms with E-state index in [1.165, 1.54) is 5.69 Å². The average molecular weight is 341 g/mol. The summed E-state index contributed by atoms with van der Waals surface area (Å²) in [7, 11) is 0. The van der Waals surface area contributed by atoms with Crippen molar-refractivity contribution in [2.24, 2.45) is 0 Å². The number of aromatic nitrogens is 2. The fraction of sp³-hybridized carbons (Fsp3) is 0.474. The van der Waals surface area contributed by atoms with Gasteiger partial charge >= 0.3 is 0 Å². The van der Waals surface area contributed by atoms with Crippen LogP contribution in [0.25, 0.3) is 0 Å². The van der Waals surface area contributed by atoms with Crippen molar-refractivity contribution in [2.75, 3.05) is 42.9 Å². The van der Waals surface area contributed by atoms with Crippen molar-refractivity contribution in [1.82, 2.24) is 14.7 Å². The molecule has 1 amide bonds. The van der Waals surface area contributed by atoms with Gasteiger partial charge in [0.1, 0.15) is 0 Å². The Bertz CT molecular complexity index is 661. The number of hydrogen-bond acceptors (Lipinski definition) is 4. The van der Waals surface area contributed by atoms with Crippen molar-refractivity contribution >= 4 is 17.3 Å². The molecule has 6 nitrogen and oxygen atoms in total. The highest BCUT2D eigenvalue weighted by atomic mass is 16.1. The van der Waals surface area contributed by atoms with Crippen LogP contribution in [0.2, 0.25) is 0 Å². The molecule has 1 aromatic carbocycles. The van der Waals surface area contributed by atoms with Gasteiger partial charge in [0.25, 0.3) is 0 Å². The first kappa shape index (κ1) is 17.5. The maximum atomic E-state index is 12.0. The van der Waals surface area contributed by atoms with E-state index in [1.54, 1.807) is 6.20 Å². The van der Waals surface area contributed by atoms with E-state index in [9.17, 15) is 4.79 Å². The van der Waals surface area contributed by atoms with Crippen LogP contribution in [0.15, 0.2) is 42.7 Å². The molecular formula is C19H27N5O. The normalized spacial score (nSPS) is 15.3. The molecule has 0 unspecified atom stereocenters. The van der Waals surface area contributed by atoms with Crippen molar-refractivity contribution in [2.45, 2.75) is 26.3 Å². The molecule has 0 spiro atoms. The van der Waals surface area contributed by atoms with Crippen LogP contribution in [-0.2, 0) is 11.3 Å². The van der Waals surface area contributed by atoms with Crippen molar-refractivity contribution in [3.05, 3.63) is 42.7 Å². The van der Waals surface area contributed by atoms with Crippen LogP contribution >= 0.6 is 0 Å². The second-order valence-electron chi connectivity index (χ2n) is 6.40. The maximum absolute atomic E-state index is 12.0. The molecule has 1 aromatic heterocycles. The number of amides is 1. The van der Waals surface area contributed by atoms with E-state index < -0.39 is 0 Å². The Morgan fingerprint density at radius 3 is 2.60 bits per heavy atom. The van der Waals surface area contributed by atoms with Crippen molar-refractivity contribution < 1.29 is 4.79 Å². The molecule has 2 aromatic rings. The Kier molecular flexibility index (Phi) is 6.06. The van der Waals surface area contributed by atoms with Crippen LogP contribution < -0.4 is 10.2 Å². The molecule has 2 heterocycles. The first-order valence-electron chi connectivity index (χ1n) is 9.09. The number of anilines is 2. The molecule has 0 bridgehead atoms. The lowest BCUT2D eigenvalue weighted by atomic mass is 10.2. The number of hydrogen-bond donors (Lipinski definition) is 1. The predicted octanol–water partition coefficient (Wildman–Crippen LogP) is 2.44. The van der Waals surface area contributed by atoms with Crippen LogP contribution in [0.3, 0.4) is 0 Å². The van der Waals surface area contributed by atoms with Gasteiger partial charge in [-0.25, -0.2) is 0 Å². The quantitative estimate of drug-likeness (QED) is 0.840. The maximum Gasteiger partial charge on any atom is 0.224 e. The van der Waals surface area contributed by atoms with Crippen molar-refractivity contribution in [3.63, 3.8) is 0 Å². The molecule has 25 heavy (non-hydrogen) atoms. The molecule has 1 saturated heterocycles. The average Bonchev–Trinajstić information content (AvgIpc) is 3.10. The summed E-state index contributed by atoms with van der Waals surface area (Å²) in [6.45, 7) is 8.02. The molecule has 0 radical (unpaired) electrons. The first-order valence-corrected chi connectivity index (χ1v) is 9.09. The Balaban J connectivity index is 1.34. The number of nitrogens with one attached hydrogen (secondary N) is 1. The lowest BCUT2D eigenvalue weighted by Crippen LogP contribution is -2.46. The highest BCUT2D eigenvalue weighted by Crippen LogP contribution is 2.15. The van der Waals surface area contributed by atoms with Gasteiger partial charge < -0.3 is 10.2 Å². The van der Waals surface area contributed by atoms with Gasteiger partial charge in [-0.05, 0) is 32.0 Å². The van der Waals surface area contributed by atoms with E-state index in [2.05, 4.69) is 50.5 Å².